The summed E-state index contributed by atoms with van der Waals surface area (Å²) in [6.07, 6.45) is 8.10. The molecule has 3 rings (SSSR count). The van der Waals surface area contributed by atoms with Crippen LogP contribution < -0.4 is 0 Å². The molecule has 102 valence electrons. The standard InChI is InChI=1S/C14H19N3O2/c18-14(19)12-5-15-9-16-13(12)8-17(6-10-1-2-10)7-11-3-4-11/h5,9-11H,1-4,6-8H2,(H,18,19). The molecule has 0 aromatic carbocycles. The van der Waals surface area contributed by atoms with Crippen molar-refractivity contribution < 1.29 is 9.90 Å². The summed E-state index contributed by atoms with van der Waals surface area (Å²) >= 11 is 0. The quantitative estimate of drug-likeness (QED) is 0.810. The van der Waals surface area contributed by atoms with Crippen LogP contribution in [0, 0.1) is 11.8 Å². The molecule has 1 N–H and O–H groups in total. The van der Waals surface area contributed by atoms with Crippen LogP contribution in [-0.2, 0) is 6.54 Å². The second-order valence-corrected chi connectivity index (χ2v) is 5.77. The van der Waals surface area contributed by atoms with Gasteiger partial charge in [0.05, 0.1) is 5.69 Å². The van der Waals surface area contributed by atoms with Crippen molar-refractivity contribution in [2.75, 3.05) is 13.1 Å². The third-order valence-corrected chi connectivity index (χ3v) is 3.83. The van der Waals surface area contributed by atoms with Crippen molar-refractivity contribution >= 4 is 5.97 Å². The Morgan fingerprint density at radius 2 is 1.89 bits per heavy atom. The average Bonchev–Trinajstić information content (AvgIpc) is 3.25. The van der Waals surface area contributed by atoms with Crippen molar-refractivity contribution in [3.8, 4) is 0 Å². The van der Waals surface area contributed by atoms with Crippen LogP contribution in [-0.4, -0.2) is 39.0 Å². The molecule has 0 bridgehead atoms. The van der Waals surface area contributed by atoms with Crippen molar-refractivity contribution in [1.29, 1.82) is 0 Å². The second-order valence-electron chi connectivity index (χ2n) is 5.77. The van der Waals surface area contributed by atoms with E-state index in [1.54, 1.807) is 0 Å². The lowest BCUT2D eigenvalue weighted by Crippen LogP contribution is -2.29. The van der Waals surface area contributed by atoms with Crippen molar-refractivity contribution in [2.45, 2.75) is 32.2 Å². The van der Waals surface area contributed by atoms with Crippen molar-refractivity contribution in [3.05, 3.63) is 23.8 Å². The van der Waals surface area contributed by atoms with Crippen LogP contribution in [0.3, 0.4) is 0 Å². The predicted molar refractivity (Wildman–Crippen MR) is 69.7 cm³/mol. The maximum Gasteiger partial charge on any atom is 0.339 e. The first-order chi connectivity index (χ1) is 9.22. The molecule has 2 aliphatic rings. The Morgan fingerprint density at radius 1 is 1.26 bits per heavy atom. The van der Waals surface area contributed by atoms with E-state index in [0.29, 0.717) is 12.2 Å². The minimum atomic E-state index is -0.937. The topological polar surface area (TPSA) is 66.3 Å². The maximum atomic E-state index is 11.2. The van der Waals surface area contributed by atoms with E-state index in [9.17, 15) is 4.79 Å². The Labute approximate surface area is 112 Å². The summed E-state index contributed by atoms with van der Waals surface area (Å²) in [7, 11) is 0. The zero-order valence-corrected chi connectivity index (χ0v) is 11.0. The largest absolute Gasteiger partial charge is 0.478 e. The Bertz CT molecular complexity index is 456. The third kappa shape index (κ3) is 3.50. The molecule has 1 aromatic heterocycles. The molecule has 2 saturated carbocycles. The summed E-state index contributed by atoms with van der Waals surface area (Å²) < 4.78 is 0. The number of rotatable bonds is 7. The van der Waals surface area contributed by atoms with Gasteiger partial charge in [0.1, 0.15) is 11.9 Å². The fraction of sp³-hybridized carbons (Fsp3) is 0.643. The smallest absolute Gasteiger partial charge is 0.339 e. The molecular weight excluding hydrogens is 242 g/mol. The van der Waals surface area contributed by atoms with E-state index in [4.69, 9.17) is 5.11 Å². The van der Waals surface area contributed by atoms with Crippen LogP contribution in [0.1, 0.15) is 41.7 Å². The van der Waals surface area contributed by atoms with Crippen LogP contribution in [0.25, 0.3) is 0 Å². The first-order valence-electron chi connectivity index (χ1n) is 6.97. The van der Waals surface area contributed by atoms with E-state index < -0.39 is 5.97 Å². The molecule has 5 heteroatoms. The molecule has 0 spiro atoms. The molecule has 2 fully saturated rings. The molecule has 0 atom stereocenters. The van der Waals surface area contributed by atoms with Gasteiger partial charge in [-0.15, -0.1) is 0 Å². The Morgan fingerprint density at radius 3 is 2.42 bits per heavy atom. The predicted octanol–water partition coefficient (Wildman–Crippen LogP) is 1.80. The van der Waals surface area contributed by atoms with Gasteiger partial charge in [0.2, 0.25) is 0 Å². The number of carboxylic acids is 1. The van der Waals surface area contributed by atoms with Crippen LogP contribution in [0.2, 0.25) is 0 Å². The summed E-state index contributed by atoms with van der Waals surface area (Å²) in [6, 6.07) is 0. The van der Waals surface area contributed by atoms with Gasteiger partial charge in [-0.1, -0.05) is 0 Å². The minimum Gasteiger partial charge on any atom is -0.478 e. The van der Waals surface area contributed by atoms with Crippen LogP contribution in [0.4, 0.5) is 0 Å². The first-order valence-corrected chi connectivity index (χ1v) is 6.97. The number of hydrogen-bond acceptors (Lipinski definition) is 4. The van der Waals surface area contributed by atoms with Gasteiger partial charge in [-0.25, -0.2) is 14.8 Å². The highest BCUT2D eigenvalue weighted by atomic mass is 16.4. The highest BCUT2D eigenvalue weighted by Crippen LogP contribution is 2.34. The lowest BCUT2D eigenvalue weighted by atomic mass is 10.2. The molecule has 1 aromatic rings. The van der Waals surface area contributed by atoms with E-state index in [2.05, 4.69) is 14.9 Å². The Hall–Kier alpha value is -1.49. The molecular formula is C14H19N3O2. The number of aromatic nitrogens is 2. The minimum absolute atomic E-state index is 0.235. The van der Waals surface area contributed by atoms with Gasteiger partial charge >= 0.3 is 5.97 Å². The number of aromatic carboxylic acids is 1. The molecule has 0 amide bonds. The second kappa shape index (κ2) is 5.25. The lowest BCUT2D eigenvalue weighted by molar-refractivity contribution is 0.0693. The van der Waals surface area contributed by atoms with Gasteiger partial charge in [-0.3, -0.25) is 4.90 Å². The van der Waals surface area contributed by atoms with Crippen molar-refractivity contribution in [2.24, 2.45) is 11.8 Å². The van der Waals surface area contributed by atoms with E-state index >= 15 is 0 Å². The summed E-state index contributed by atoms with van der Waals surface area (Å²) in [4.78, 5) is 21.5. The average molecular weight is 261 g/mol. The highest BCUT2D eigenvalue weighted by molar-refractivity contribution is 5.88. The monoisotopic (exact) mass is 261 g/mol. The number of hydrogen-bond donors (Lipinski definition) is 1. The molecule has 0 aliphatic heterocycles. The Balaban J connectivity index is 1.70. The van der Waals surface area contributed by atoms with Gasteiger partial charge in [0.25, 0.3) is 0 Å². The summed E-state index contributed by atoms with van der Waals surface area (Å²) in [5.41, 5.74) is 0.878. The number of carbonyl (C=O) groups is 1. The van der Waals surface area contributed by atoms with Crippen LogP contribution in [0.15, 0.2) is 12.5 Å². The molecule has 0 radical (unpaired) electrons. The summed E-state index contributed by atoms with van der Waals surface area (Å²) in [6.45, 7) is 2.80. The molecule has 2 aliphatic carbocycles. The fourth-order valence-corrected chi connectivity index (χ4v) is 2.41. The van der Waals surface area contributed by atoms with Crippen molar-refractivity contribution in [3.63, 3.8) is 0 Å². The van der Waals surface area contributed by atoms with Gasteiger partial charge in [0.15, 0.2) is 0 Å². The van der Waals surface area contributed by atoms with Gasteiger partial charge in [0, 0.05) is 25.8 Å². The highest BCUT2D eigenvalue weighted by Gasteiger charge is 2.29. The van der Waals surface area contributed by atoms with E-state index in [-0.39, 0.29) is 5.56 Å². The van der Waals surface area contributed by atoms with Crippen LogP contribution in [0.5, 0.6) is 0 Å². The van der Waals surface area contributed by atoms with E-state index in [0.717, 1.165) is 24.9 Å². The fourth-order valence-electron chi connectivity index (χ4n) is 2.41. The number of nitrogens with zero attached hydrogens (tertiary/aromatic N) is 3. The SMILES string of the molecule is O=C(O)c1cncnc1CN(CC1CC1)CC1CC1. The van der Waals surface area contributed by atoms with Gasteiger partial charge in [-0.05, 0) is 37.5 Å². The summed E-state index contributed by atoms with van der Waals surface area (Å²) in [5, 5.41) is 9.17. The van der Waals surface area contributed by atoms with E-state index in [1.165, 1.54) is 38.2 Å². The first kappa shape index (κ1) is 12.5. The third-order valence-electron chi connectivity index (χ3n) is 3.83. The molecule has 5 nitrogen and oxygen atoms in total. The van der Waals surface area contributed by atoms with Crippen molar-refractivity contribution in [1.82, 2.24) is 14.9 Å². The molecule has 1 heterocycles. The van der Waals surface area contributed by atoms with Crippen LogP contribution >= 0.6 is 0 Å². The maximum absolute atomic E-state index is 11.2. The Kier molecular flexibility index (Phi) is 3.46. The molecule has 19 heavy (non-hydrogen) atoms. The number of carboxylic acid groups (broad SMARTS) is 1. The molecule has 0 saturated heterocycles. The van der Waals surface area contributed by atoms with E-state index in [1.807, 2.05) is 0 Å². The normalized spacial score (nSPS) is 18.8. The summed E-state index contributed by atoms with van der Waals surface area (Å²) in [5.74, 6) is 0.691. The van der Waals surface area contributed by atoms with Gasteiger partial charge in [-0.2, -0.15) is 0 Å². The zero-order chi connectivity index (χ0) is 13.2. The van der Waals surface area contributed by atoms with Gasteiger partial charge < -0.3 is 5.11 Å². The lowest BCUT2D eigenvalue weighted by Gasteiger charge is -2.22. The zero-order valence-electron chi connectivity index (χ0n) is 11.0. The molecule has 0 unspecified atom stereocenters.